The summed E-state index contributed by atoms with van der Waals surface area (Å²) in [5, 5.41) is 19.6. The number of allylic oxidation sites excluding steroid dienone is 2. The summed E-state index contributed by atoms with van der Waals surface area (Å²) in [7, 11) is 0. The van der Waals surface area contributed by atoms with Gasteiger partial charge in [-0.2, -0.15) is 0 Å². The molecule has 1 aliphatic carbocycles. The molecule has 0 aromatic carbocycles. The lowest BCUT2D eigenvalue weighted by molar-refractivity contribution is 0.0220. The molecule has 0 aromatic heterocycles. The third-order valence-electron chi connectivity index (χ3n) is 4.82. The normalized spacial score (nSPS) is 28.9. The third-order valence-corrected chi connectivity index (χ3v) is 4.82. The highest BCUT2D eigenvalue weighted by Gasteiger charge is 2.36. The first kappa shape index (κ1) is 23.4. The van der Waals surface area contributed by atoms with Gasteiger partial charge in [-0.3, -0.25) is 4.90 Å². The number of aliphatic hydroxyl groups is 1. The summed E-state index contributed by atoms with van der Waals surface area (Å²) in [6.45, 7) is 12.8. The molecule has 1 saturated carbocycles. The van der Waals surface area contributed by atoms with Crippen molar-refractivity contribution in [2.45, 2.75) is 83.1 Å². The molecule has 0 radical (unpaired) electrons. The molecule has 0 aromatic rings. The highest BCUT2D eigenvalue weighted by molar-refractivity contribution is 5.68. The minimum absolute atomic E-state index is 0.154. The van der Waals surface area contributed by atoms with Gasteiger partial charge in [-0.15, -0.1) is 0 Å². The van der Waals surface area contributed by atoms with Crippen LogP contribution in [0.4, 0.5) is 4.79 Å². The maximum Gasteiger partial charge on any atom is 0.407 e. The average Bonchev–Trinajstić information content (AvgIpc) is 3.01. The molecule has 6 nitrogen and oxygen atoms in total. The number of nitrogens with zero attached hydrogens (tertiary/aromatic N) is 1. The average molecular weight is 380 g/mol. The van der Waals surface area contributed by atoms with E-state index in [1.165, 1.54) is 6.21 Å². The summed E-state index contributed by atoms with van der Waals surface area (Å²) >= 11 is 0. The van der Waals surface area contributed by atoms with Crippen LogP contribution >= 0.6 is 0 Å². The van der Waals surface area contributed by atoms with Crippen molar-refractivity contribution in [2.75, 3.05) is 13.1 Å². The van der Waals surface area contributed by atoms with Crippen LogP contribution < -0.4 is 5.32 Å². The van der Waals surface area contributed by atoms with Gasteiger partial charge in [-0.1, -0.05) is 24.8 Å². The predicted molar refractivity (Wildman–Crippen MR) is 110 cm³/mol. The smallest absolute Gasteiger partial charge is 0.407 e. The zero-order valence-corrected chi connectivity index (χ0v) is 17.3. The summed E-state index contributed by atoms with van der Waals surface area (Å²) in [4.78, 5) is 14.3. The molecule has 3 N–H and O–H groups in total. The number of hydrogen-bond donors (Lipinski definition) is 3. The highest BCUT2D eigenvalue weighted by Crippen LogP contribution is 2.33. The fourth-order valence-corrected chi connectivity index (χ4v) is 3.59. The van der Waals surface area contributed by atoms with Crippen LogP contribution in [0.3, 0.4) is 0 Å². The van der Waals surface area contributed by atoms with E-state index in [-0.39, 0.29) is 12.1 Å². The lowest BCUT2D eigenvalue weighted by Crippen LogP contribution is -2.44. The second kappa shape index (κ2) is 10.6. The molecule has 2 fully saturated rings. The topological polar surface area (TPSA) is 85.7 Å². The van der Waals surface area contributed by atoms with Gasteiger partial charge >= 0.3 is 6.09 Å². The van der Waals surface area contributed by atoms with Crippen LogP contribution in [-0.4, -0.2) is 58.7 Å². The van der Waals surface area contributed by atoms with Gasteiger partial charge in [0.15, 0.2) is 0 Å². The number of nitrogens with one attached hydrogen (secondary N) is 2. The Hall–Kier alpha value is -1.66. The molecule has 1 heterocycles. The molecule has 1 amide bonds. The molecular weight excluding hydrogens is 342 g/mol. The van der Waals surface area contributed by atoms with Crippen LogP contribution in [0.5, 0.6) is 0 Å². The number of carbonyl (C=O) groups excluding carboxylic acids is 1. The quantitative estimate of drug-likeness (QED) is 0.514. The number of carbonyl (C=O) groups is 1. The molecule has 1 aliphatic heterocycles. The number of likely N-dealkylation sites (tertiary alicyclic amines) is 1. The van der Waals surface area contributed by atoms with E-state index in [0.29, 0.717) is 6.04 Å². The molecule has 0 spiro atoms. The second-order valence-electron chi connectivity index (χ2n) is 8.35. The molecule has 27 heavy (non-hydrogen) atoms. The largest absolute Gasteiger partial charge is 0.444 e. The summed E-state index contributed by atoms with van der Waals surface area (Å²) in [6.07, 6.45) is 10.8. The molecular formula is C21H37N3O3. The Kier molecular flexibility index (Phi) is 9.19. The first-order valence-electron chi connectivity index (χ1n) is 9.84. The second-order valence-corrected chi connectivity index (χ2v) is 8.35. The lowest BCUT2D eigenvalue weighted by atomic mass is 9.81. The molecule has 2 aliphatic rings. The standard InChI is InChI=1S/C19H32N2O3.C2H5N/c1-5-6-10-19(23)11-7-16(8-12-19)21-13-9-15(14-21)20-17(22)24-18(2,3)4;1-2-3/h5-6,10,15-16,23H,1,7-9,11-14H2,2-4H3,(H,20,22);2-3H,1H3/b10-6+;/t15-,16?,19?;/m1./s1. The Labute approximate surface area is 164 Å². The fraction of sp³-hybridized carbons (Fsp3) is 0.714. The molecule has 0 unspecified atom stereocenters. The SMILES string of the molecule is C=C/C=C/C1(O)CCC(N2CC[C@@H](NC(=O)OC(C)(C)C)C2)CC1.CC=N. The Morgan fingerprint density at radius 1 is 1.33 bits per heavy atom. The first-order chi connectivity index (χ1) is 12.6. The van der Waals surface area contributed by atoms with Crippen molar-refractivity contribution in [1.82, 2.24) is 10.2 Å². The minimum atomic E-state index is -0.682. The summed E-state index contributed by atoms with van der Waals surface area (Å²) in [6, 6.07) is 0.647. The van der Waals surface area contributed by atoms with Crippen LogP contribution in [0.15, 0.2) is 24.8 Å². The Morgan fingerprint density at radius 2 is 1.93 bits per heavy atom. The van der Waals surface area contributed by atoms with E-state index in [0.717, 1.165) is 45.2 Å². The van der Waals surface area contributed by atoms with Gasteiger partial charge in [-0.25, -0.2) is 4.79 Å². The Bertz CT molecular complexity index is 517. The van der Waals surface area contributed by atoms with Crippen molar-refractivity contribution in [1.29, 1.82) is 5.41 Å². The van der Waals surface area contributed by atoms with Crippen molar-refractivity contribution < 1.29 is 14.6 Å². The number of amides is 1. The maximum absolute atomic E-state index is 11.9. The zero-order chi connectivity index (χ0) is 20.5. The molecule has 154 valence electrons. The van der Waals surface area contributed by atoms with Gasteiger partial charge < -0.3 is 20.6 Å². The van der Waals surface area contributed by atoms with Crippen molar-refractivity contribution >= 4 is 12.3 Å². The minimum Gasteiger partial charge on any atom is -0.444 e. The highest BCUT2D eigenvalue weighted by atomic mass is 16.6. The molecule has 1 atom stereocenters. The van der Waals surface area contributed by atoms with Gasteiger partial charge in [0.1, 0.15) is 5.60 Å². The van der Waals surface area contributed by atoms with E-state index >= 15 is 0 Å². The molecule has 2 rings (SSSR count). The number of hydrogen-bond acceptors (Lipinski definition) is 5. The third kappa shape index (κ3) is 8.71. The Morgan fingerprint density at radius 3 is 2.44 bits per heavy atom. The van der Waals surface area contributed by atoms with Gasteiger partial charge in [0.05, 0.1) is 5.60 Å². The zero-order valence-electron chi connectivity index (χ0n) is 17.3. The van der Waals surface area contributed by atoms with Crippen LogP contribution in [0.25, 0.3) is 0 Å². The predicted octanol–water partition coefficient (Wildman–Crippen LogP) is 3.66. The molecule has 6 heteroatoms. The van der Waals surface area contributed by atoms with Crippen molar-refractivity contribution in [2.24, 2.45) is 0 Å². The van der Waals surface area contributed by atoms with Crippen LogP contribution in [-0.2, 0) is 4.74 Å². The van der Waals surface area contributed by atoms with Gasteiger partial charge in [0.25, 0.3) is 0 Å². The van der Waals surface area contributed by atoms with Gasteiger partial charge in [-0.05, 0) is 66.0 Å². The van der Waals surface area contributed by atoms with E-state index in [9.17, 15) is 9.90 Å². The van der Waals surface area contributed by atoms with Gasteiger partial charge in [0.2, 0.25) is 0 Å². The van der Waals surface area contributed by atoms with E-state index in [1.54, 1.807) is 13.0 Å². The van der Waals surface area contributed by atoms with Crippen molar-refractivity contribution in [3.8, 4) is 0 Å². The molecule has 1 saturated heterocycles. The van der Waals surface area contributed by atoms with E-state index in [2.05, 4.69) is 16.8 Å². The maximum atomic E-state index is 11.9. The Balaban J connectivity index is 0.00000114. The van der Waals surface area contributed by atoms with Crippen LogP contribution in [0, 0.1) is 5.41 Å². The summed E-state index contributed by atoms with van der Waals surface area (Å²) in [5.41, 5.74) is -1.15. The number of rotatable bonds is 4. The monoisotopic (exact) mass is 379 g/mol. The molecule has 0 bridgehead atoms. The van der Waals surface area contributed by atoms with E-state index < -0.39 is 11.2 Å². The van der Waals surface area contributed by atoms with Gasteiger partial charge in [0, 0.05) is 25.2 Å². The van der Waals surface area contributed by atoms with Crippen LogP contribution in [0.2, 0.25) is 0 Å². The lowest BCUT2D eigenvalue weighted by Gasteiger charge is -2.38. The van der Waals surface area contributed by atoms with Crippen molar-refractivity contribution in [3.63, 3.8) is 0 Å². The fourth-order valence-electron chi connectivity index (χ4n) is 3.59. The van der Waals surface area contributed by atoms with Crippen molar-refractivity contribution in [3.05, 3.63) is 24.8 Å². The first-order valence-corrected chi connectivity index (χ1v) is 9.84. The number of ether oxygens (including phenoxy) is 1. The summed E-state index contributed by atoms with van der Waals surface area (Å²) < 4.78 is 5.33. The number of alkyl carbamates (subject to hydrolysis) is 1. The summed E-state index contributed by atoms with van der Waals surface area (Å²) in [5.74, 6) is 0. The van der Waals surface area contributed by atoms with Crippen LogP contribution in [0.1, 0.15) is 59.8 Å². The van der Waals surface area contributed by atoms with E-state index in [1.807, 2.05) is 32.9 Å². The van der Waals surface area contributed by atoms with E-state index in [4.69, 9.17) is 10.1 Å².